The molecule has 0 heterocycles. The molecule has 78 valence electrons. The van der Waals surface area contributed by atoms with Crippen LogP contribution in [0, 0.1) is 0 Å². The number of rotatable bonds is 4. The molecule has 3 heteroatoms. The minimum Gasteiger partial charge on any atom is -0.497 e. The zero-order chi connectivity index (χ0) is 10.6. The second-order valence-electron chi connectivity index (χ2n) is 3.46. The molecule has 0 amide bonds. The van der Waals surface area contributed by atoms with E-state index in [2.05, 4.69) is 0 Å². The van der Waals surface area contributed by atoms with Crippen molar-refractivity contribution in [1.29, 1.82) is 0 Å². The average molecular weight is 195 g/mol. The molecule has 0 aliphatic heterocycles. The van der Waals surface area contributed by atoms with E-state index in [1.54, 1.807) is 14.0 Å². The summed E-state index contributed by atoms with van der Waals surface area (Å²) in [4.78, 5) is 0. The molecule has 3 N–H and O–H groups in total. The third-order valence-corrected chi connectivity index (χ3v) is 2.23. The molecule has 2 atom stereocenters. The summed E-state index contributed by atoms with van der Waals surface area (Å²) in [6, 6.07) is 7.50. The van der Waals surface area contributed by atoms with Crippen molar-refractivity contribution in [2.24, 2.45) is 5.73 Å². The van der Waals surface area contributed by atoms with E-state index in [0.717, 1.165) is 11.3 Å². The zero-order valence-corrected chi connectivity index (χ0v) is 8.60. The lowest BCUT2D eigenvalue weighted by molar-refractivity contribution is 0.163. The van der Waals surface area contributed by atoms with E-state index in [4.69, 9.17) is 10.5 Å². The Balaban J connectivity index is 2.66. The van der Waals surface area contributed by atoms with E-state index in [1.807, 2.05) is 24.3 Å². The van der Waals surface area contributed by atoms with Crippen molar-refractivity contribution < 1.29 is 9.84 Å². The molecule has 0 bridgehead atoms. The smallest absolute Gasteiger partial charge is 0.119 e. The van der Waals surface area contributed by atoms with Gasteiger partial charge in [0.1, 0.15) is 5.75 Å². The lowest BCUT2D eigenvalue weighted by Gasteiger charge is -2.14. The first-order valence-corrected chi connectivity index (χ1v) is 4.70. The first kappa shape index (κ1) is 11.0. The van der Waals surface area contributed by atoms with Gasteiger partial charge in [0.25, 0.3) is 0 Å². The van der Waals surface area contributed by atoms with E-state index in [1.165, 1.54) is 0 Å². The Hall–Kier alpha value is -1.06. The molecule has 0 aromatic heterocycles. The fourth-order valence-corrected chi connectivity index (χ4v) is 1.24. The molecule has 0 aliphatic rings. The third-order valence-electron chi connectivity index (χ3n) is 2.23. The zero-order valence-electron chi connectivity index (χ0n) is 8.60. The van der Waals surface area contributed by atoms with Crippen molar-refractivity contribution in [2.45, 2.75) is 25.5 Å². The van der Waals surface area contributed by atoms with Crippen molar-refractivity contribution in [2.75, 3.05) is 7.11 Å². The molecule has 0 fully saturated rings. The quantitative estimate of drug-likeness (QED) is 0.752. The lowest BCUT2D eigenvalue weighted by atomic mass is 10.0. The molecular weight excluding hydrogens is 178 g/mol. The molecule has 0 saturated carbocycles. The van der Waals surface area contributed by atoms with Crippen LogP contribution in [0.3, 0.4) is 0 Å². The largest absolute Gasteiger partial charge is 0.497 e. The van der Waals surface area contributed by atoms with Crippen molar-refractivity contribution >= 4 is 0 Å². The molecule has 0 saturated heterocycles. The summed E-state index contributed by atoms with van der Waals surface area (Å²) in [5.41, 5.74) is 6.83. The SMILES string of the molecule is COc1cccc(C[C@H](N)[C@H](C)O)c1. The van der Waals surface area contributed by atoms with Crippen LogP contribution < -0.4 is 10.5 Å². The maximum Gasteiger partial charge on any atom is 0.119 e. The van der Waals surface area contributed by atoms with E-state index in [-0.39, 0.29) is 6.04 Å². The Morgan fingerprint density at radius 2 is 2.21 bits per heavy atom. The molecule has 0 aliphatic carbocycles. The maximum atomic E-state index is 9.25. The van der Waals surface area contributed by atoms with Crippen LogP contribution in [0.5, 0.6) is 5.75 Å². The summed E-state index contributed by atoms with van der Waals surface area (Å²) in [6.45, 7) is 1.70. The normalized spacial score (nSPS) is 14.9. The van der Waals surface area contributed by atoms with Crippen molar-refractivity contribution in [3.05, 3.63) is 29.8 Å². The van der Waals surface area contributed by atoms with Crippen LogP contribution in [0.1, 0.15) is 12.5 Å². The predicted molar refractivity (Wildman–Crippen MR) is 56.4 cm³/mol. The van der Waals surface area contributed by atoms with E-state index in [0.29, 0.717) is 6.42 Å². The standard InChI is InChI=1S/C11H17NO2/c1-8(13)11(12)7-9-4-3-5-10(6-9)14-2/h3-6,8,11,13H,7,12H2,1-2H3/t8-,11-/m0/s1. The van der Waals surface area contributed by atoms with Crippen molar-refractivity contribution in [3.8, 4) is 5.75 Å². The van der Waals surface area contributed by atoms with Gasteiger partial charge >= 0.3 is 0 Å². The maximum absolute atomic E-state index is 9.25. The first-order chi connectivity index (χ1) is 6.63. The van der Waals surface area contributed by atoms with Crippen LogP contribution in [0.25, 0.3) is 0 Å². The fourth-order valence-electron chi connectivity index (χ4n) is 1.24. The number of ether oxygens (including phenoxy) is 1. The average Bonchev–Trinajstić information content (AvgIpc) is 2.18. The highest BCUT2D eigenvalue weighted by atomic mass is 16.5. The van der Waals surface area contributed by atoms with Gasteiger partial charge in [0.2, 0.25) is 0 Å². The van der Waals surface area contributed by atoms with Crippen LogP contribution in [0.2, 0.25) is 0 Å². The van der Waals surface area contributed by atoms with Gasteiger partial charge in [-0.25, -0.2) is 0 Å². The van der Waals surface area contributed by atoms with Crippen LogP contribution in [-0.2, 0) is 6.42 Å². The van der Waals surface area contributed by atoms with E-state index < -0.39 is 6.10 Å². The molecular formula is C11H17NO2. The van der Waals surface area contributed by atoms with Gasteiger partial charge in [-0.1, -0.05) is 12.1 Å². The Bertz CT molecular complexity index is 286. The van der Waals surface area contributed by atoms with E-state index in [9.17, 15) is 5.11 Å². The van der Waals surface area contributed by atoms with Crippen LogP contribution in [0.4, 0.5) is 0 Å². The highest BCUT2D eigenvalue weighted by Crippen LogP contribution is 2.14. The predicted octanol–water partition coefficient (Wildman–Crippen LogP) is 0.946. The molecule has 0 unspecified atom stereocenters. The van der Waals surface area contributed by atoms with Crippen LogP contribution in [0.15, 0.2) is 24.3 Å². The van der Waals surface area contributed by atoms with Gasteiger partial charge in [-0.3, -0.25) is 0 Å². The van der Waals surface area contributed by atoms with E-state index >= 15 is 0 Å². The highest BCUT2D eigenvalue weighted by Gasteiger charge is 2.09. The summed E-state index contributed by atoms with van der Waals surface area (Å²) in [7, 11) is 1.63. The summed E-state index contributed by atoms with van der Waals surface area (Å²) >= 11 is 0. The molecule has 1 aromatic carbocycles. The first-order valence-electron chi connectivity index (χ1n) is 4.70. The van der Waals surface area contributed by atoms with Crippen molar-refractivity contribution in [3.63, 3.8) is 0 Å². The van der Waals surface area contributed by atoms with Gasteiger partial charge in [0.15, 0.2) is 0 Å². The molecule has 0 radical (unpaired) electrons. The molecule has 3 nitrogen and oxygen atoms in total. The number of benzene rings is 1. The van der Waals surface area contributed by atoms with Crippen LogP contribution in [-0.4, -0.2) is 24.4 Å². The number of methoxy groups -OCH3 is 1. The minimum atomic E-state index is -0.485. The summed E-state index contributed by atoms with van der Waals surface area (Å²) in [5, 5.41) is 9.25. The second-order valence-corrected chi connectivity index (χ2v) is 3.46. The van der Waals surface area contributed by atoms with Gasteiger partial charge in [-0.05, 0) is 31.0 Å². The molecule has 0 spiro atoms. The summed E-state index contributed by atoms with van der Waals surface area (Å²) < 4.78 is 5.09. The monoisotopic (exact) mass is 195 g/mol. The van der Waals surface area contributed by atoms with Gasteiger partial charge in [-0.2, -0.15) is 0 Å². The Morgan fingerprint density at radius 3 is 2.79 bits per heavy atom. The fraction of sp³-hybridized carbons (Fsp3) is 0.455. The number of nitrogens with two attached hydrogens (primary N) is 1. The molecule has 1 rings (SSSR count). The Labute approximate surface area is 84.5 Å². The number of hydrogen-bond acceptors (Lipinski definition) is 3. The lowest BCUT2D eigenvalue weighted by Crippen LogP contribution is -2.34. The van der Waals surface area contributed by atoms with Crippen molar-refractivity contribution in [1.82, 2.24) is 0 Å². The minimum absolute atomic E-state index is 0.220. The summed E-state index contributed by atoms with van der Waals surface area (Å²) in [5.74, 6) is 0.820. The highest BCUT2D eigenvalue weighted by molar-refractivity contribution is 5.28. The van der Waals surface area contributed by atoms with Gasteiger partial charge in [0, 0.05) is 6.04 Å². The number of aliphatic hydroxyl groups is 1. The third kappa shape index (κ3) is 3.01. The van der Waals surface area contributed by atoms with Gasteiger partial charge in [-0.15, -0.1) is 0 Å². The Kier molecular flexibility index (Phi) is 3.92. The second kappa shape index (κ2) is 4.98. The molecule has 1 aromatic rings. The van der Waals surface area contributed by atoms with Gasteiger partial charge in [0.05, 0.1) is 13.2 Å². The van der Waals surface area contributed by atoms with Crippen LogP contribution >= 0.6 is 0 Å². The van der Waals surface area contributed by atoms with Gasteiger partial charge < -0.3 is 15.6 Å². The molecule has 14 heavy (non-hydrogen) atoms. The summed E-state index contributed by atoms with van der Waals surface area (Å²) in [6.07, 6.45) is 0.177. The Morgan fingerprint density at radius 1 is 1.50 bits per heavy atom. The number of aliphatic hydroxyl groups excluding tert-OH is 1. The topological polar surface area (TPSA) is 55.5 Å². The number of hydrogen-bond donors (Lipinski definition) is 2.